The molecule has 0 aromatic carbocycles. The van der Waals surface area contributed by atoms with E-state index in [9.17, 15) is 19.1 Å². The average molecular weight is 304 g/mol. The summed E-state index contributed by atoms with van der Waals surface area (Å²) in [5, 5.41) is 9.39. The van der Waals surface area contributed by atoms with Crippen LogP contribution in [-0.2, 0) is 18.4 Å². The minimum absolute atomic E-state index is 0.0253. The monoisotopic (exact) mass is 304 g/mol. The molecular formula is C14H13FN4O3. The van der Waals surface area contributed by atoms with Gasteiger partial charge in [-0.2, -0.15) is 0 Å². The topological polar surface area (TPSA) is 88.3 Å². The van der Waals surface area contributed by atoms with Gasteiger partial charge >= 0.3 is 5.97 Å². The van der Waals surface area contributed by atoms with E-state index < -0.39 is 23.6 Å². The first-order valence-corrected chi connectivity index (χ1v) is 6.60. The third-order valence-electron chi connectivity index (χ3n) is 3.72. The van der Waals surface area contributed by atoms with Crippen LogP contribution in [0.25, 0.3) is 0 Å². The lowest BCUT2D eigenvalue weighted by Gasteiger charge is -2.31. The van der Waals surface area contributed by atoms with Crippen molar-refractivity contribution in [2.45, 2.75) is 12.5 Å². The number of carboxylic acid groups (broad SMARTS) is 1. The molecule has 0 bridgehead atoms. The summed E-state index contributed by atoms with van der Waals surface area (Å²) in [4.78, 5) is 32.9. The number of carbonyl (C=O) groups is 2. The Kier molecular flexibility index (Phi) is 3.36. The van der Waals surface area contributed by atoms with Gasteiger partial charge in [0.25, 0.3) is 5.91 Å². The summed E-state index contributed by atoms with van der Waals surface area (Å²) in [6.45, 7) is 0.128. The number of aliphatic carboxylic acids is 1. The molecule has 0 radical (unpaired) electrons. The second kappa shape index (κ2) is 5.21. The summed E-state index contributed by atoms with van der Waals surface area (Å²) in [5.74, 6) is -3.23. The standard InChI is InChI=1S/C14H13FN4O3/c1-18-7-17-11-6-19(5-9(12(11)18)14(21)22)13(20)8-2-3-16-4-10(8)15/h2-4,7,9H,5-6H2,1H3,(H,21,22). The first-order chi connectivity index (χ1) is 10.5. The van der Waals surface area contributed by atoms with Crippen LogP contribution in [0.4, 0.5) is 4.39 Å². The number of hydrogen-bond donors (Lipinski definition) is 1. The molecule has 1 amide bonds. The molecule has 7 nitrogen and oxygen atoms in total. The van der Waals surface area contributed by atoms with Crippen LogP contribution in [-0.4, -0.2) is 43.0 Å². The van der Waals surface area contributed by atoms with E-state index in [1.807, 2.05) is 0 Å². The molecule has 1 aliphatic heterocycles. The van der Waals surface area contributed by atoms with Crippen molar-refractivity contribution in [2.24, 2.45) is 7.05 Å². The van der Waals surface area contributed by atoms with Crippen molar-refractivity contribution in [3.8, 4) is 0 Å². The summed E-state index contributed by atoms with van der Waals surface area (Å²) in [5.41, 5.74) is 0.967. The van der Waals surface area contributed by atoms with Crippen LogP contribution in [0.2, 0.25) is 0 Å². The lowest BCUT2D eigenvalue weighted by Crippen LogP contribution is -2.41. The fourth-order valence-corrected chi connectivity index (χ4v) is 2.68. The Bertz CT molecular complexity index is 758. The predicted octanol–water partition coefficient (Wildman–Crippen LogP) is 0.778. The predicted molar refractivity (Wildman–Crippen MR) is 72.5 cm³/mol. The van der Waals surface area contributed by atoms with Crippen LogP contribution >= 0.6 is 0 Å². The third kappa shape index (κ3) is 2.22. The van der Waals surface area contributed by atoms with Crippen LogP contribution in [0.3, 0.4) is 0 Å². The number of carbonyl (C=O) groups excluding carboxylic acids is 1. The van der Waals surface area contributed by atoms with E-state index in [-0.39, 0.29) is 18.7 Å². The molecule has 2 aromatic heterocycles. The fraction of sp³-hybridized carbons (Fsp3) is 0.286. The van der Waals surface area contributed by atoms with Gasteiger partial charge in [0.15, 0.2) is 5.82 Å². The van der Waals surface area contributed by atoms with Crippen LogP contribution in [0.1, 0.15) is 27.7 Å². The number of pyridine rings is 1. The lowest BCUT2D eigenvalue weighted by atomic mass is 9.97. The Hall–Kier alpha value is -2.77. The Labute approximate surface area is 125 Å². The zero-order chi connectivity index (χ0) is 15.9. The number of nitrogens with zero attached hydrogens (tertiary/aromatic N) is 4. The van der Waals surface area contributed by atoms with Gasteiger partial charge in [-0.25, -0.2) is 9.37 Å². The number of halogens is 1. The first-order valence-electron chi connectivity index (χ1n) is 6.60. The zero-order valence-electron chi connectivity index (χ0n) is 11.7. The van der Waals surface area contributed by atoms with E-state index in [0.29, 0.717) is 11.4 Å². The number of fused-ring (bicyclic) bond motifs is 1. The maximum Gasteiger partial charge on any atom is 0.314 e. The highest BCUT2D eigenvalue weighted by Crippen LogP contribution is 2.28. The summed E-state index contributed by atoms with van der Waals surface area (Å²) in [7, 11) is 1.71. The Morgan fingerprint density at radius 1 is 1.45 bits per heavy atom. The molecule has 1 aliphatic rings. The minimum Gasteiger partial charge on any atom is -0.481 e. The second-order valence-corrected chi connectivity index (χ2v) is 5.12. The minimum atomic E-state index is -1.04. The normalized spacial score (nSPS) is 17.2. The summed E-state index contributed by atoms with van der Waals surface area (Å²) in [6, 6.07) is 1.28. The highest BCUT2D eigenvalue weighted by molar-refractivity contribution is 5.95. The second-order valence-electron chi connectivity index (χ2n) is 5.12. The summed E-state index contributed by atoms with van der Waals surface area (Å²) in [6.07, 6.45) is 3.79. The molecule has 1 atom stereocenters. The lowest BCUT2D eigenvalue weighted by molar-refractivity contribution is -0.139. The van der Waals surface area contributed by atoms with Crippen molar-refractivity contribution in [1.29, 1.82) is 0 Å². The number of rotatable bonds is 2. The molecule has 114 valence electrons. The first kappa shape index (κ1) is 14.2. The largest absolute Gasteiger partial charge is 0.481 e. The number of aryl methyl sites for hydroxylation is 1. The van der Waals surface area contributed by atoms with Gasteiger partial charge < -0.3 is 14.6 Å². The molecule has 0 aliphatic carbocycles. The molecule has 0 spiro atoms. The maximum atomic E-state index is 13.7. The van der Waals surface area contributed by atoms with Crippen molar-refractivity contribution < 1.29 is 19.1 Å². The van der Waals surface area contributed by atoms with E-state index in [1.54, 1.807) is 11.6 Å². The molecular weight excluding hydrogens is 291 g/mol. The van der Waals surface area contributed by atoms with Gasteiger partial charge in [-0.1, -0.05) is 0 Å². The summed E-state index contributed by atoms with van der Waals surface area (Å²) >= 11 is 0. The number of amides is 1. The van der Waals surface area contributed by atoms with E-state index in [4.69, 9.17) is 0 Å². The maximum absolute atomic E-state index is 13.7. The molecule has 3 heterocycles. The van der Waals surface area contributed by atoms with E-state index >= 15 is 0 Å². The van der Waals surface area contributed by atoms with Gasteiger partial charge in [0.05, 0.1) is 36.0 Å². The molecule has 0 saturated carbocycles. The SMILES string of the molecule is Cn1cnc2c1C(C(=O)O)CN(C(=O)c1ccncc1F)C2. The highest BCUT2D eigenvalue weighted by Gasteiger charge is 2.36. The van der Waals surface area contributed by atoms with Gasteiger partial charge in [0.2, 0.25) is 0 Å². The summed E-state index contributed by atoms with van der Waals surface area (Å²) < 4.78 is 15.3. The van der Waals surface area contributed by atoms with Gasteiger partial charge in [-0.3, -0.25) is 14.6 Å². The Morgan fingerprint density at radius 2 is 2.23 bits per heavy atom. The number of hydrogen-bond acceptors (Lipinski definition) is 4. The van der Waals surface area contributed by atoms with Gasteiger partial charge in [-0.15, -0.1) is 0 Å². The van der Waals surface area contributed by atoms with Crippen LogP contribution in [0.5, 0.6) is 0 Å². The van der Waals surface area contributed by atoms with E-state index in [2.05, 4.69) is 9.97 Å². The Morgan fingerprint density at radius 3 is 2.91 bits per heavy atom. The van der Waals surface area contributed by atoms with Crippen LogP contribution in [0, 0.1) is 5.82 Å². The molecule has 0 saturated heterocycles. The molecule has 2 aromatic rings. The van der Waals surface area contributed by atoms with Crippen molar-refractivity contribution in [3.63, 3.8) is 0 Å². The van der Waals surface area contributed by atoms with Gasteiger partial charge in [0, 0.05) is 19.8 Å². The van der Waals surface area contributed by atoms with E-state index in [0.717, 1.165) is 6.20 Å². The van der Waals surface area contributed by atoms with Crippen LogP contribution in [0.15, 0.2) is 24.8 Å². The quantitative estimate of drug-likeness (QED) is 0.885. The third-order valence-corrected chi connectivity index (χ3v) is 3.72. The fourth-order valence-electron chi connectivity index (χ4n) is 2.68. The molecule has 0 fully saturated rings. The number of carboxylic acids is 1. The van der Waals surface area contributed by atoms with Gasteiger partial charge in [0.1, 0.15) is 5.92 Å². The van der Waals surface area contributed by atoms with Gasteiger partial charge in [-0.05, 0) is 6.07 Å². The molecule has 22 heavy (non-hydrogen) atoms. The van der Waals surface area contributed by atoms with E-state index in [1.165, 1.54) is 23.5 Å². The van der Waals surface area contributed by atoms with Crippen molar-refractivity contribution in [2.75, 3.05) is 6.54 Å². The van der Waals surface area contributed by atoms with Crippen LogP contribution < -0.4 is 0 Å². The Balaban J connectivity index is 1.96. The van der Waals surface area contributed by atoms with Crippen molar-refractivity contribution in [1.82, 2.24) is 19.4 Å². The average Bonchev–Trinajstić information content (AvgIpc) is 2.87. The number of imidazole rings is 1. The zero-order valence-corrected chi connectivity index (χ0v) is 11.7. The smallest absolute Gasteiger partial charge is 0.314 e. The molecule has 3 rings (SSSR count). The molecule has 8 heteroatoms. The highest BCUT2D eigenvalue weighted by atomic mass is 19.1. The van der Waals surface area contributed by atoms with Crippen molar-refractivity contribution >= 4 is 11.9 Å². The number of aromatic nitrogens is 3. The molecule has 1 unspecified atom stereocenters. The molecule has 1 N–H and O–H groups in total. The van der Waals surface area contributed by atoms with Crippen molar-refractivity contribution in [3.05, 3.63) is 47.6 Å².